The van der Waals surface area contributed by atoms with Gasteiger partial charge in [0.2, 0.25) is 0 Å². The lowest BCUT2D eigenvalue weighted by molar-refractivity contribution is -0.120. The van der Waals surface area contributed by atoms with Crippen LogP contribution in [0, 0.1) is 13.8 Å². The predicted molar refractivity (Wildman–Crippen MR) is 62.2 cm³/mol. The molecule has 0 N–H and O–H groups in total. The van der Waals surface area contributed by atoms with E-state index in [-0.39, 0.29) is 11.8 Å². The van der Waals surface area contributed by atoms with Gasteiger partial charge in [-0.25, -0.2) is 4.90 Å². The largest absolute Gasteiger partial charge is 0.269 e. The first-order chi connectivity index (χ1) is 7.50. The molecular weight excluding hydrogens is 202 g/mol. The molecular formula is C13H13NO2. The SMILES string of the molecule is CC1=CC(=O)N(c2ccc(C)cc2C)C1=O. The van der Waals surface area contributed by atoms with Crippen molar-refractivity contribution in [3.8, 4) is 0 Å². The van der Waals surface area contributed by atoms with Crippen molar-refractivity contribution in [2.45, 2.75) is 20.8 Å². The summed E-state index contributed by atoms with van der Waals surface area (Å²) in [6, 6.07) is 5.67. The Morgan fingerprint density at radius 2 is 1.75 bits per heavy atom. The first-order valence-electron chi connectivity index (χ1n) is 5.14. The predicted octanol–water partition coefficient (Wildman–Crippen LogP) is 2.12. The Hall–Kier alpha value is -1.90. The summed E-state index contributed by atoms with van der Waals surface area (Å²) in [5.74, 6) is -0.480. The molecule has 2 amide bonds. The van der Waals surface area contributed by atoms with Crippen LogP contribution in [0.25, 0.3) is 0 Å². The number of carbonyl (C=O) groups is 2. The van der Waals surface area contributed by atoms with Gasteiger partial charge in [0.25, 0.3) is 11.8 Å². The van der Waals surface area contributed by atoms with Gasteiger partial charge in [0, 0.05) is 11.6 Å². The van der Waals surface area contributed by atoms with E-state index in [0.29, 0.717) is 11.3 Å². The average Bonchev–Trinajstić information content (AvgIpc) is 2.43. The maximum Gasteiger partial charge on any atom is 0.261 e. The molecule has 3 heteroatoms. The molecule has 0 unspecified atom stereocenters. The molecule has 16 heavy (non-hydrogen) atoms. The number of imide groups is 1. The molecule has 82 valence electrons. The highest BCUT2D eigenvalue weighted by Gasteiger charge is 2.30. The number of hydrogen-bond acceptors (Lipinski definition) is 2. The second-order valence-electron chi connectivity index (χ2n) is 4.10. The fourth-order valence-electron chi connectivity index (χ4n) is 1.87. The fourth-order valence-corrected chi connectivity index (χ4v) is 1.87. The van der Waals surface area contributed by atoms with Gasteiger partial charge in [-0.1, -0.05) is 17.7 Å². The van der Waals surface area contributed by atoms with E-state index in [9.17, 15) is 9.59 Å². The van der Waals surface area contributed by atoms with Crippen molar-refractivity contribution in [2.75, 3.05) is 4.90 Å². The monoisotopic (exact) mass is 215 g/mol. The zero-order valence-corrected chi connectivity index (χ0v) is 9.57. The lowest BCUT2D eigenvalue weighted by atomic mass is 10.1. The zero-order valence-electron chi connectivity index (χ0n) is 9.57. The summed E-state index contributed by atoms with van der Waals surface area (Å²) in [6.45, 7) is 5.54. The average molecular weight is 215 g/mol. The van der Waals surface area contributed by atoms with E-state index >= 15 is 0 Å². The fraction of sp³-hybridized carbons (Fsp3) is 0.231. The summed E-state index contributed by atoms with van der Waals surface area (Å²) in [5, 5.41) is 0. The van der Waals surface area contributed by atoms with Gasteiger partial charge in [0.15, 0.2) is 0 Å². The summed E-state index contributed by atoms with van der Waals surface area (Å²) < 4.78 is 0. The molecule has 1 heterocycles. The number of benzene rings is 1. The van der Waals surface area contributed by atoms with Gasteiger partial charge in [-0.2, -0.15) is 0 Å². The number of nitrogens with zero attached hydrogens (tertiary/aromatic N) is 1. The molecule has 0 saturated carbocycles. The van der Waals surface area contributed by atoms with E-state index in [1.165, 1.54) is 11.0 Å². The standard InChI is InChI=1S/C13H13NO2/c1-8-4-5-11(9(2)6-8)14-12(15)7-10(3)13(14)16/h4-7H,1-3H3. The number of aryl methyl sites for hydroxylation is 2. The smallest absolute Gasteiger partial charge is 0.261 e. The van der Waals surface area contributed by atoms with Crippen LogP contribution < -0.4 is 4.90 Å². The van der Waals surface area contributed by atoms with E-state index in [2.05, 4.69) is 0 Å². The van der Waals surface area contributed by atoms with Crippen LogP contribution in [-0.2, 0) is 9.59 Å². The minimum Gasteiger partial charge on any atom is -0.269 e. The van der Waals surface area contributed by atoms with Crippen molar-refractivity contribution in [3.05, 3.63) is 41.0 Å². The summed E-state index contributed by atoms with van der Waals surface area (Å²) in [5.41, 5.74) is 3.22. The van der Waals surface area contributed by atoms with Gasteiger partial charge in [-0.3, -0.25) is 9.59 Å². The first-order valence-corrected chi connectivity index (χ1v) is 5.14. The lowest BCUT2D eigenvalue weighted by Crippen LogP contribution is -2.31. The number of amides is 2. The van der Waals surface area contributed by atoms with Gasteiger partial charge in [0.1, 0.15) is 0 Å². The Morgan fingerprint density at radius 1 is 1.06 bits per heavy atom. The van der Waals surface area contributed by atoms with Crippen molar-refractivity contribution in [3.63, 3.8) is 0 Å². The van der Waals surface area contributed by atoms with Gasteiger partial charge >= 0.3 is 0 Å². The molecule has 2 rings (SSSR count). The molecule has 0 bridgehead atoms. The van der Waals surface area contributed by atoms with Crippen molar-refractivity contribution in [1.29, 1.82) is 0 Å². The van der Waals surface area contributed by atoms with E-state index in [1.807, 2.05) is 32.0 Å². The summed E-state index contributed by atoms with van der Waals surface area (Å²) in [7, 11) is 0. The van der Waals surface area contributed by atoms with E-state index in [1.54, 1.807) is 6.92 Å². The Balaban J connectivity index is 2.47. The van der Waals surface area contributed by atoms with E-state index in [4.69, 9.17) is 0 Å². The third-order valence-corrected chi connectivity index (χ3v) is 2.69. The molecule has 0 fully saturated rings. The van der Waals surface area contributed by atoms with Crippen LogP contribution in [0.2, 0.25) is 0 Å². The normalized spacial score (nSPS) is 15.7. The summed E-state index contributed by atoms with van der Waals surface area (Å²) >= 11 is 0. The molecule has 1 aliphatic rings. The minimum absolute atomic E-state index is 0.225. The summed E-state index contributed by atoms with van der Waals surface area (Å²) in [6.07, 6.45) is 1.38. The quantitative estimate of drug-likeness (QED) is 0.673. The highest BCUT2D eigenvalue weighted by Crippen LogP contribution is 2.26. The zero-order chi connectivity index (χ0) is 11.9. The molecule has 1 aromatic carbocycles. The highest BCUT2D eigenvalue weighted by atomic mass is 16.2. The number of carbonyl (C=O) groups excluding carboxylic acids is 2. The Bertz CT molecular complexity index is 515. The van der Waals surface area contributed by atoms with Crippen molar-refractivity contribution < 1.29 is 9.59 Å². The molecule has 0 radical (unpaired) electrons. The van der Waals surface area contributed by atoms with Gasteiger partial charge in [-0.15, -0.1) is 0 Å². The highest BCUT2D eigenvalue weighted by molar-refractivity contribution is 6.30. The van der Waals surface area contributed by atoms with Crippen molar-refractivity contribution in [1.82, 2.24) is 0 Å². The molecule has 0 saturated heterocycles. The topological polar surface area (TPSA) is 37.4 Å². The van der Waals surface area contributed by atoms with Crippen LogP contribution in [-0.4, -0.2) is 11.8 Å². The summed E-state index contributed by atoms with van der Waals surface area (Å²) in [4.78, 5) is 24.7. The van der Waals surface area contributed by atoms with Crippen LogP contribution in [0.15, 0.2) is 29.8 Å². The third-order valence-electron chi connectivity index (χ3n) is 2.69. The van der Waals surface area contributed by atoms with Gasteiger partial charge in [0.05, 0.1) is 5.69 Å². The second-order valence-corrected chi connectivity index (χ2v) is 4.10. The molecule has 3 nitrogen and oxygen atoms in total. The number of rotatable bonds is 1. The Kier molecular flexibility index (Phi) is 2.38. The van der Waals surface area contributed by atoms with Crippen LogP contribution >= 0.6 is 0 Å². The van der Waals surface area contributed by atoms with Crippen LogP contribution in [0.5, 0.6) is 0 Å². The maximum absolute atomic E-state index is 11.8. The van der Waals surface area contributed by atoms with Gasteiger partial charge < -0.3 is 0 Å². The number of hydrogen-bond donors (Lipinski definition) is 0. The van der Waals surface area contributed by atoms with Crippen LogP contribution in [0.1, 0.15) is 18.1 Å². The van der Waals surface area contributed by atoms with Crippen LogP contribution in [0.3, 0.4) is 0 Å². The molecule has 1 aromatic rings. The minimum atomic E-state index is -0.255. The first kappa shape index (κ1) is 10.6. The lowest BCUT2D eigenvalue weighted by Gasteiger charge is -2.17. The molecule has 1 aliphatic heterocycles. The van der Waals surface area contributed by atoms with E-state index < -0.39 is 0 Å². The maximum atomic E-state index is 11.8. The van der Waals surface area contributed by atoms with Crippen molar-refractivity contribution >= 4 is 17.5 Å². The van der Waals surface area contributed by atoms with E-state index in [0.717, 1.165) is 11.1 Å². The second kappa shape index (κ2) is 3.59. The number of anilines is 1. The molecule has 0 aromatic heterocycles. The Labute approximate surface area is 94.4 Å². The molecule has 0 spiro atoms. The van der Waals surface area contributed by atoms with Gasteiger partial charge in [-0.05, 0) is 32.4 Å². The molecule has 0 atom stereocenters. The van der Waals surface area contributed by atoms with Crippen LogP contribution in [0.4, 0.5) is 5.69 Å². The Morgan fingerprint density at radius 3 is 2.25 bits per heavy atom. The molecule has 0 aliphatic carbocycles. The van der Waals surface area contributed by atoms with Crippen molar-refractivity contribution in [2.24, 2.45) is 0 Å². The third kappa shape index (κ3) is 1.54.